The van der Waals surface area contributed by atoms with Gasteiger partial charge in [0.05, 0.1) is 24.9 Å². The van der Waals surface area contributed by atoms with Crippen molar-refractivity contribution in [1.29, 1.82) is 0 Å². The van der Waals surface area contributed by atoms with Crippen molar-refractivity contribution in [2.24, 2.45) is 0 Å². The van der Waals surface area contributed by atoms with E-state index in [2.05, 4.69) is 0 Å². The molecule has 1 atom stereocenters. The summed E-state index contributed by atoms with van der Waals surface area (Å²) in [5.41, 5.74) is 2.09. The minimum atomic E-state index is -0.155. The van der Waals surface area contributed by atoms with Crippen molar-refractivity contribution in [2.75, 3.05) is 12.0 Å². The van der Waals surface area contributed by atoms with Gasteiger partial charge in [0.25, 0.3) is 5.91 Å². The van der Waals surface area contributed by atoms with Crippen LogP contribution in [-0.2, 0) is 0 Å². The highest BCUT2D eigenvalue weighted by molar-refractivity contribution is 6.11. The standard InChI is InChI=1S/C21H23NO4/c1-13-15-9-5-6-10-16(15)21(24)22(13)17-11-20(19(25-2)12-18(17)23)26-14-7-3-4-8-14/h5-6,9-14,23H,3-4,7-8H2,1-2H3. The first-order valence-electron chi connectivity index (χ1n) is 9.10. The van der Waals surface area contributed by atoms with E-state index in [4.69, 9.17) is 9.47 Å². The van der Waals surface area contributed by atoms with Gasteiger partial charge in [-0.05, 0) is 44.2 Å². The molecule has 136 valence electrons. The molecule has 1 amide bonds. The molecule has 0 spiro atoms. The zero-order chi connectivity index (χ0) is 18.3. The van der Waals surface area contributed by atoms with Crippen molar-refractivity contribution in [3.63, 3.8) is 0 Å². The van der Waals surface area contributed by atoms with Crippen LogP contribution in [-0.4, -0.2) is 24.2 Å². The van der Waals surface area contributed by atoms with E-state index >= 15 is 0 Å². The average molecular weight is 353 g/mol. The number of methoxy groups -OCH3 is 1. The van der Waals surface area contributed by atoms with E-state index < -0.39 is 0 Å². The van der Waals surface area contributed by atoms with Crippen molar-refractivity contribution in [3.05, 3.63) is 47.5 Å². The fourth-order valence-electron chi connectivity index (χ4n) is 3.99. The summed E-state index contributed by atoms with van der Waals surface area (Å²) in [5, 5.41) is 10.6. The third-order valence-electron chi connectivity index (χ3n) is 5.36. The monoisotopic (exact) mass is 353 g/mol. The highest BCUT2D eigenvalue weighted by atomic mass is 16.5. The van der Waals surface area contributed by atoms with Crippen molar-refractivity contribution in [3.8, 4) is 17.2 Å². The molecule has 0 radical (unpaired) electrons. The third kappa shape index (κ3) is 2.68. The van der Waals surface area contributed by atoms with Crippen molar-refractivity contribution in [1.82, 2.24) is 0 Å². The molecule has 1 unspecified atom stereocenters. The normalized spacial score (nSPS) is 19.7. The molecule has 1 aliphatic heterocycles. The van der Waals surface area contributed by atoms with Crippen LogP contribution in [0.25, 0.3) is 0 Å². The van der Waals surface area contributed by atoms with Crippen molar-refractivity contribution >= 4 is 11.6 Å². The second-order valence-corrected chi connectivity index (χ2v) is 6.95. The van der Waals surface area contributed by atoms with Crippen molar-refractivity contribution < 1.29 is 19.4 Å². The second-order valence-electron chi connectivity index (χ2n) is 6.95. The number of anilines is 1. The molecule has 2 aromatic carbocycles. The maximum absolute atomic E-state index is 12.9. The SMILES string of the molecule is COc1cc(O)c(N2C(=O)c3ccccc3C2C)cc1OC1CCCC1. The highest BCUT2D eigenvalue weighted by Gasteiger charge is 2.36. The number of hydrogen-bond donors (Lipinski definition) is 1. The minimum Gasteiger partial charge on any atom is -0.506 e. The second kappa shape index (κ2) is 6.56. The molecule has 5 nitrogen and oxygen atoms in total. The summed E-state index contributed by atoms with van der Waals surface area (Å²) in [5.74, 6) is 0.951. The Balaban J connectivity index is 1.73. The largest absolute Gasteiger partial charge is 0.506 e. The van der Waals surface area contributed by atoms with Crippen LogP contribution in [0.5, 0.6) is 17.2 Å². The summed E-state index contributed by atoms with van der Waals surface area (Å²) in [6, 6.07) is 10.7. The van der Waals surface area contributed by atoms with Crippen LogP contribution in [0.1, 0.15) is 54.6 Å². The Bertz CT molecular complexity index is 842. The lowest BCUT2D eigenvalue weighted by molar-refractivity contribution is 0.0991. The van der Waals surface area contributed by atoms with E-state index in [1.54, 1.807) is 18.1 Å². The van der Waals surface area contributed by atoms with E-state index in [0.29, 0.717) is 22.7 Å². The average Bonchev–Trinajstić information content (AvgIpc) is 3.24. The topological polar surface area (TPSA) is 59.0 Å². The molecular formula is C21H23NO4. The first-order valence-corrected chi connectivity index (χ1v) is 9.10. The van der Waals surface area contributed by atoms with Gasteiger partial charge in [0, 0.05) is 17.7 Å². The fraction of sp³-hybridized carbons (Fsp3) is 0.381. The zero-order valence-corrected chi connectivity index (χ0v) is 15.1. The minimum absolute atomic E-state index is 0.00799. The lowest BCUT2D eigenvalue weighted by Crippen LogP contribution is -2.26. The maximum Gasteiger partial charge on any atom is 0.259 e. The number of phenolic OH excluding ortho intramolecular Hbond substituents is 1. The third-order valence-corrected chi connectivity index (χ3v) is 5.36. The molecule has 0 aromatic heterocycles. The number of benzene rings is 2. The van der Waals surface area contributed by atoms with Crippen LogP contribution in [0.3, 0.4) is 0 Å². The number of fused-ring (bicyclic) bond motifs is 1. The van der Waals surface area contributed by atoms with Gasteiger partial charge < -0.3 is 14.6 Å². The number of rotatable bonds is 4. The number of aromatic hydroxyl groups is 1. The van der Waals surface area contributed by atoms with E-state index in [-0.39, 0.29) is 23.8 Å². The molecule has 26 heavy (non-hydrogen) atoms. The zero-order valence-electron chi connectivity index (χ0n) is 15.1. The highest BCUT2D eigenvalue weighted by Crippen LogP contribution is 2.46. The van der Waals surface area contributed by atoms with E-state index in [1.165, 1.54) is 6.07 Å². The van der Waals surface area contributed by atoms with Crippen LogP contribution in [0, 0.1) is 0 Å². The van der Waals surface area contributed by atoms with Gasteiger partial charge in [-0.25, -0.2) is 0 Å². The van der Waals surface area contributed by atoms with Crippen LogP contribution in [0.2, 0.25) is 0 Å². The Morgan fingerprint density at radius 3 is 2.54 bits per heavy atom. The number of hydrogen-bond acceptors (Lipinski definition) is 4. The molecule has 0 bridgehead atoms. The number of phenols is 1. The maximum atomic E-state index is 12.9. The first kappa shape index (κ1) is 16.8. The molecule has 2 aromatic rings. The Morgan fingerprint density at radius 1 is 1.12 bits per heavy atom. The van der Waals surface area contributed by atoms with Gasteiger partial charge in [-0.2, -0.15) is 0 Å². The first-order chi connectivity index (χ1) is 12.6. The molecular weight excluding hydrogens is 330 g/mol. The summed E-state index contributed by atoms with van der Waals surface area (Å²) >= 11 is 0. The molecule has 1 heterocycles. The fourth-order valence-corrected chi connectivity index (χ4v) is 3.99. The molecule has 5 heteroatoms. The Hall–Kier alpha value is -2.69. The molecule has 2 aliphatic rings. The summed E-state index contributed by atoms with van der Waals surface area (Å²) in [6.45, 7) is 1.96. The Labute approximate surface area is 153 Å². The Kier molecular flexibility index (Phi) is 4.23. The molecule has 1 fully saturated rings. The van der Waals surface area contributed by atoms with E-state index in [9.17, 15) is 9.90 Å². The number of ether oxygens (including phenoxy) is 2. The molecule has 1 N–H and O–H groups in total. The van der Waals surface area contributed by atoms with Crippen molar-refractivity contribution in [2.45, 2.75) is 44.8 Å². The van der Waals surface area contributed by atoms with Gasteiger partial charge in [0.15, 0.2) is 11.5 Å². The molecule has 1 saturated carbocycles. The molecule has 1 aliphatic carbocycles. The van der Waals surface area contributed by atoms with Gasteiger partial charge in [-0.1, -0.05) is 18.2 Å². The lowest BCUT2D eigenvalue weighted by Gasteiger charge is -2.25. The molecule has 4 rings (SSSR count). The quantitative estimate of drug-likeness (QED) is 0.882. The summed E-state index contributed by atoms with van der Waals surface area (Å²) < 4.78 is 11.5. The molecule has 0 saturated heterocycles. The lowest BCUT2D eigenvalue weighted by atomic mass is 10.1. The summed E-state index contributed by atoms with van der Waals surface area (Å²) in [7, 11) is 1.55. The van der Waals surface area contributed by atoms with E-state index in [0.717, 1.165) is 31.2 Å². The van der Waals surface area contributed by atoms with Crippen LogP contribution >= 0.6 is 0 Å². The summed E-state index contributed by atoms with van der Waals surface area (Å²) in [4.78, 5) is 14.5. The van der Waals surface area contributed by atoms with E-state index in [1.807, 2.05) is 31.2 Å². The van der Waals surface area contributed by atoms with Gasteiger partial charge in [-0.3, -0.25) is 9.69 Å². The number of nitrogens with zero attached hydrogens (tertiary/aromatic N) is 1. The number of carbonyl (C=O) groups excluding carboxylic acids is 1. The van der Waals surface area contributed by atoms with Gasteiger partial charge in [0.2, 0.25) is 0 Å². The van der Waals surface area contributed by atoms with Gasteiger partial charge in [0.1, 0.15) is 5.75 Å². The van der Waals surface area contributed by atoms with Crippen LogP contribution < -0.4 is 14.4 Å². The Morgan fingerprint density at radius 2 is 1.85 bits per heavy atom. The smallest absolute Gasteiger partial charge is 0.259 e. The summed E-state index contributed by atoms with van der Waals surface area (Å²) in [6.07, 6.45) is 4.52. The van der Waals surface area contributed by atoms with Crippen LogP contribution in [0.4, 0.5) is 5.69 Å². The number of carbonyl (C=O) groups is 1. The predicted molar refractivity (Wildman–Crippen MR) is 99.2 cm³/mol. The predicted octanol–water partition coefficient (Wildman–Crippen LogP) is 4.44. The number of amides is 1. The van der Waals surface area contributed by atoms with Crippen LogP contribution in [0.15, 0.2) is 36.4 Å². The van der Waals surface area contributed by atoms with Gasteiger partial charge >= 0.3 is 0 Å². The van der Waals surface area contributed by atoms with Gasteiger partial charge in [-0.15, -0.1) is 0 Å².